The molecule has 0 aliphatic heterocycles. The van der Waals surface area contributed by atoms with Gasteiger partial charge in [0.05, 0.1) is 20.4 Å². The SMILES string of the molecule is COc1cc(C(=O)NCCCc2cnn(C)c2)cc(OC)c1OCc1ccccc1. The lowest BCUT2D eigenvalue weighted by Crippen LogP contribution is -2.24. The minimum atomic E-state index is -0.188. The Hall–Kier alpha value is -3.48. The minimum Gasteiger partial charge on any atom is -0.493 e. The lowest BCUT2D eigenvalue weighted by atomic mass is 10.1. The van der Waals surface area contributed by atoms with Crippen molar-refractivity contribution in [2.24, 2.45) is 7.05 Å². The Labute approximate surface area is 176 Å². The van der Waals surface area contributed by atoms with Crippen molar-refractivity contribution in [2.45, 2.75) is 19.4 Å². The molecule has 1 aromatic heterocycles. The predicted molar refractivity (Wildman–Crippen MR) is 114 cm³/mol. The largest absolute Gasteiger partial charge is 0.493 e. The topological polar surface area (TPSA) is 74.6 Å². The lowest BCUT2D eigenvalue weighted by molar-refractivity contribution is 0.0952. The normalized spacial score (nSPS) is 10.5. The van der Waals surface area contributed by atoms with Crippen LogP contribution in [0.25, 0.3) is 0 Å². The molecular formula is C23H27N3O4. The van der Waals surface area contributed by atoms with Gasteiger partial charge in [-0.15, -0.1) is 0 Å². The van der Waals surface area contributed by atoms with Crippen molar-refractivity contribution < 1.29 is 19.0 Å². The number of ether oxygens (including phenoxy) is 3. The summed E-state index contributed by atoms with van der Waals surface area (Å²) >= 11 is 0. The third-order valence-electron chi connectivity index (χ3n) is 4.63. The van der Waals surface area contributed by atoms with E-state index < -0.39 is 0 Å². The monoisotopic (exact) mass is 409 g/mol. The number of hydrogen-bond donors (Lipinski definition) is 1. The van der Waals surface area contributed by atoms with Crippen LogP contribution in [0.1, 0.15) is 27.9 Å². The summed E-state index contributed by atoms with van der Waals surface area (Å²) in [5.41, 5.74) is 2.63. The number of methoxy groups -OCH3 is 2. The number of aromatic nitrogens is 2. The molecule has 1 amide bonds. The number of aryl methyl sites for hydroxylation is 2. The van der Waals surface area contributed by atoms with Crippen LogP contribution in [0.2, 0.25) is 0 Å². The first kappa shape index (κ1) is 21.2. The van der Waals surface area contributed by atoms with Gasteiger partial charge in [-0.3, -0.25) is 9.48 Å². The van der Waals surface area contributed by atoms with Gasteiger partial charge in [-0.1, -0.05) is 30.3 Å². The summed E-state index contributed by atoms with van der Waals surface area (Å²) in [6.45, 7) is 0.929. The molecule has 2 aromatic carbocycles. The first-order chi connectivity index (χ1) is 14.6. The number of amides is 1. The van der Waals surface area contributed by atoms with E-state index in [9.17, 15) is 4.79 Å². The molecule has 3 rings (SSSR count). The molecule has 3 aromatic rings. The maximum absolute atomic E-state index is 12.6. The summed E-state index contributed by atoms with van der Waals surface area (Å²) < 4.78 is 18.6. The highest BCUT2D eigenvalue weighted by Gasteiger charge is 2.18. The maximum Gasteiger partial charge on any atom is 0.251 e. The molecule has 0 aliphatic rings. The number of nitrogens with one attached hydrogen (secondary N) is 1. The Kier molecular flexibility index (Phi) is 7.32. The maximum atomic E-state index is 12.6. The minimum absolute atomic E-state index is 0.188. The molecule has 0 fully saturated rings. The molecule has 0 spiro atoms. The molecule has 0 saturated carbocycles. The van der Waals surface area contributed by atoms with E-state index in [0.717, 1.165) is 24.0 Å². The van der Waals surface area contributed by atoms with Crippen molar-refractivity contribution in [3.63, 3.8) is 0 Å². The second-order valence-electron chi connectivity index (χ2n) is 6.87. The number of nitrogens with zero attached hydrogens (tertiary/aromatic N) is 2. The Morgan fingerprint density at radius 2 is 1.77 bits per heavy atom. The average Bonchev–Trinajstić information content (AvgIpc) is 3.20. The number of carbonyl (C=O) groups excluding carboxylic acids is 1. The molecule has 7 heteroatoms. The van der Waals surface area contributed by atoms with Gasteiger partial charge in [-0.25, -0.2) is 0 Å². The van der Waals surface area contributed by atoms with Crippen LogP contribution in [0.15, 0.2) is 54.9 Å². The molecule has 0 bridgehead atoms. The number of hydrogen-bond acceptors (Lipinski definition) is 5. The standard InChI is InChI=1S/C23H27N3O4/c1-26-15-18(14-25-26)10-7-11-24-23(27)19-12-20(28-2)22(21(13-19)29-3)30-16-17-8-5-4-6-9-17/h4-6,8-9,12-15H,7,10-11,16H2,1-3H3,(H,24,27). The fraction of sp³-hybridized carbons (Fsp3) is 0.304. The van der Waals surface area contributed by atoms with Crippen LogP contribution in [0.5, 0.6) is 17.2 Å². The zero-order valence-corrected chi connectivity index (χ0v) is 17.6. The van der Waals surface area contributed by atoms with Gasteiger partial charge in [-0.05, 0) is 36.1 Å². The molecule has 0 saturated heterocycles. The molecule has 7 nitrogen and oxygen atoms in total. The van der Waals surface area contributed by atoms with Crippen LogP contribution in [0.4, 0.5) is 0 Å². The predicted octanol–water partition coefficient (Wildman–Crippen LogP) is 3.38. The lowest BCUT2D eigenvalue weighted by Gasteiger charge is -2.16. The van der Waals surface area contributed by atoms with E-state index in [1.807, 2.05) is 49.8 Å². The van der Waals surface area contributed by atoms with Crippen molar-refractivity contribution in [1.29, 1.82) is 0 Å². The fourth-order valence-corrected chi connectivity index (χ4v) is 3.08. The molecular weight excluding hydrogens is 382 g/mol. The second-order valence-corrected chi connectivity index (χ2v) is 6.87. The zero-order valence-electron chi connectivity index (χ0n) is 17.6. The molecule has 30 heavy (non-hydrogen) atoms. The third kappa shape index (κ3) is 5.53. The number of rotatable bonds is 10. The summed E-state index contributed by atoms with van der Waals surface area (Å²) in [6.07, 6.45) is 5.49. The number of benzene rings is 2. The van der Waals surface area contributed by atoms with Gasteiger partial charge in [0.25, 0.3) is 5.91 Å². The van der Waals surface area contributed by atoms with E-state index in [0.29, 0.717) is 36.0 Å². The van der Waals surface area contributed by atoms with Gasteiger partial charge >= 0.3 is 0 Å². The van der Waals surface area contributed by atoms with Gasteiger partial charge in [0.15, 0.2) is 11.5 Å². The van der Waals surface area contributed by atoms with E-state index >= 15 is 0 Å². The molecule has 0 unspecified atom stereocenters. The van der Waals surface area contributed by atoms with Gasteiger partial charge < -0.3 is 19.5 Å². The molecule has 0 aliphatic carbocycles. The highest BCUT2D eigenvalue weighted by Crippen LogP contribution is 2.39. The fourth-order valence-electron chi connectivity index (χ4n) is 3.08. The van der Waals surface area contributed by atoms with Crippen LogP contribution in [0, 0.1) is 0 Å². The van der Waals surface area contributed by atoms with Crippen LogP contribution in [-0.2, 0) is 20.1 Å². The first-order valence-electron chi connectivity index (χ1n) is 9.79. The van der Waals surface area contributed by atoms with Crippen molar-refractivity contribution >= 4 is 5.91 Å². The van der Waals surface area contributed by atoms with E-state index in [1.165, 1.54) is 0 Å². The smallest absolute Gasteiger partial charge is 0.251 e. The van der Waals surface area contributed by atoms with E-state index in [4.69, 9.17) is 14.2 Å². The van der Waals surface area contributed by atoms with E-state index in [1.54, 1.807) is 31.0 Å². The third-order valence-corrected chi connectivity index (χ3v) is 4.63. The van der Waals surface area contributed by atoms with Crippen molar-refractivity contribution in [3.05, 3.63) is 71.5 Å². The van der Waals surface area contributed by atoms with E-state index in [2.05, 4.69) is 10.4 Å². The quantitative estimate of drug-likeness (QED) is 0.520. The summed E-state index contributed by atoms with van der Waals surface area (Å²) in [4.78, 5) is 12.6. The van der Waals surface area contributed by atoms with Crippen LogP contribution in [-0.4, -0.2) is 36.5 Å². The van der Waals surface area contributed by atoms with Gasteiger partial charge in [0, 0.05) is 25.4 Å². The molecule has 0 radical (unpaired) electrons. The van der Waals surface area contributed by atoms with Crippen molar-refractivity contribution in [2.75, 3.05) is 20.8 Å². The Morgan fingerprint density at radius 1 is 1.07 bits per heavy atom. The van der Waals surface area contributed by atoms with Crippen molar-refractivity contribution in [3.8, 4) is 17.2 Å². The molecule has 0 atom stereocenters. The zero-order chi connectivity index (χ0) is 21.3. The highest BCUT2D eigenvalue weighted by atomic mass is 16.5. The van der Waals surface area contributed by atoms with Gasteiger partial charge in [-0.2, -0.15) is 5.10 Å². The first-order valence-corrected chi connectivity index (χ1v) is 9.79. The molecule has 158 valence electrons. The molecule has 1 heterocycles. The summed E-state index contributed by atoms with van der Waals surface area (Å²) in [6, 6.07) is 13.1. The Morgan fingerprint density at radius 3 is 2.37 bits per heavy atom. The van der Waals surface area contributed by atoms with Crippen LogP contribution in [0.3, 0.4) is 0 Å². The molecule has 1 N–H and O–H groups in total. The summed E-state index contributed by atoms with van der Waals surface area (Å²) in [5, 5.41) is 7.09. The average molecular weight is 409 g/mol. The Balaban J connectivity index is 1.63. The highest BCUT2D eigenvalue weighted by molar-refractivity contribution is 5.95. The van der Waals surface area contributed by atoms with E-state index in [-0.39, 0.29) is 5.91 Å². The summed E-state index contributed by atoms with van der Waals surface area (Å²) in [7, 11) is 4.97. The van der Waals surface area contributed by atoms with Crippen LogP contribution < -0.4 is 19.5 Å². The Bertz CT molecular complexity index is 945. The van der Waals surface area contributed by atoms with Crippen molar-refractivity contribution in [1.82, 2.24) is 15.1 Å². The second kappa shape index (κ2) is 10.3. The van der Waals surface area contributed by atoms with Gasteiger partial charge in [0.1, 0.15) is 6.61 Å². The van der Waals surface area contributed by atoms with Crippen LogP contribution >= 0.6 is 0 Å². The number of carbonyl (C=O) groups is 1. The van der Waals surface area contributed by atoms with Gasteiger partial charge in [0.2, 0.25) is 5.75 Å². The summed E-state index contributed by atoms with van der Waals surface area (Å²) in [5.74, 6) is 1.18.